The summed E-state index contributed by atoms with van der Waals surface area (Å²) in [7, 11) is 0. The van der Waals surface area contributed by atoms with Gasteiger partial charge in [-0.1, -0.05) is 60.7 Å². The van der Waals surface area contributed by atoms with E-state index in [0.29, 0.717) is 6.54 Å². The van der Waals surface area contributed by atoms with Crippen LogP contribution in [0.5, 0.6) is 0 Å². The quantitative estimate of drug-likeness (QED) is 0.727. The summed E-state index contributed by atoms with van der Waals surface area (Å²) in [4.78, 5) is 23.3. The van der Waals surface area contributed by atoms with Crippen molar-refractivity contribution in [2.75, 3.05) is 19.6 Å². The van der Waals surface area contributed by atoms with Gasteiger partial charge in [-0.15, -0.1) is 0 Å². The highest BCUT2D eigenvalue weighted by molar-refractivity contribution is 5.83. The summed E-state index contributed by atoms with van der Waals surface area (Å²) >= 11 is 0. The van der Waals surface area contributed by atoms with Gasteiger partial charge in [-0.05, 0) is 24.0 Å². The van der Waals surface area contributed by atoms with Gasteiger partial charge in [0.25, 0.3) is 0 Å². The molecule has 0 aliphatic carbocycles. The number of rotatable bonds is 3. The van der Waals surface area contributed by atoms with Crippen LogP contribution in [0.4, 0.5) is 0 Å². The molecule has 1 saturated heterocycles. The van der Waals surface area contributed by atoms with E-state index in [-0.39, 0.29) is 17.4 Å². The van der Waals surface area contributed by atoms with E-state index >= 15 is 0 Å². The lowest BCUT2D eigenvalue weighted by atomic mass is 9.69. The summed E-state index contributed by atoms with van der Waals surface area (Å²) in [6.07, 6.45) is 4.61. The van der Waals surface area contributed by atoms with E-state index in [0.717, 1.165) is 43.7 Å². The Labute approximate surface area is 171 Å². The molecule has 3 aromatic rings. The molecule has 29 heavy (non-hydrogen) atoms. The number of hydrogen-bond acceptors (Lipinski definition) is 3. The van der Waals surface area contributed by atoms with Gasteiger partial charge in [-0.25, -0.2) is 4.98 Å². The molecular formula is C24H26N4O. The summed E-state index contributed by atoms with van der Waals surface area (Å²) in [6, 6.07) is 20.9. The zero-order valence-corrected chi connectivity index (χ0v) is 16.5. The Bertz CT molecular complexity index is 943. The van der Waals surface area contributed by atoms with Crippen LogP contribution in [0, 0.1) is 0 Å². The number of nitrogens with one attached hydrogen (secondary N) is 2. The van der Waals surface area contributed by atoms with Gasteiger partial charge in [0.2, 0.25) is 5.91 Å². The van der Waals surface area contributed by atoms with Gasteiger partial charge < -0.3 is 15.2 Å². The number of carbonyl (C=O) groups excluding carboxylic acids is 1. The third-order valence-corrected chi connectivity index (χ3v) is 6.45. The molecule has 0 bridgehead atoms. The number of aromatic nitrogens is 2. The number of carbonyl (C=O) groups is 1. The third kappa shape index (κ3) is 3.15. The number of fused-ring (bicyclic) bond motifs is 1. The van der Waals surface area contributed by atoms with Crippen LogP contribution in [0.3, 0.4) is 0 Å². The number of piperidine rings is 1. The Balaban J connectivity index is 1.50. The smallest absolute Gasteiger partial charge is 0.246 e. The summed E-state index contributed by atoms with van der Waals surface area (Å²) in [5, 5.41) is 3.39. The zero-order chi connectivity index (χ0) is 19.7. The first-order chi connectivity index (χ1) is 14.3. The fourth-order valence-corrected chi connectivity index (χ4v) is 5.00. The molecule has 2 aliphatic rings. The molecular weight excluding hydrogens is 360 g/mol. The van der Waals surface area contributed by atoms with Gasteiger partial charge >= 0.3 is 0 Å². The first-order valence-corrected chi connectivity index (χ1v) is 10.4. The van der Waals surface area contributed by atoms with E-state index in [4.69, 9.17) is 0 Å². The number of hydrogen-bond donors (Lipinski definition) is 2. The van der Waals surface area contributed by atoms with E-state index in [2.05, 4.69) is 75.9 Å². The van der Waals surface area contributed by atoms with Crippen LogP contribution in [0.2, 0.25) is 0 Å². The molecule has 1 amide bonds. The molecule has 1 aromatic heterocycles. The topological polar surface area (TPSA) is 61.0 Å². The van der Waals surface area contributed by atoms with Crippen LogP contribution in [-0.4, -0.2) is 40.4 Å². The van der Waals surface area contributed by atoms with Crippen LogP contribution in [0.25, 0.3) is 0 Å². The molecule has 0 saturated carbocycles. The van der Waals surface area contributed by atoms with Crippen LogP contribution in [0.15, 0.2) is 67.0 Å². The van der Waals surface area contributed by atoms with E-state index < -0.39 is 0 Å². The van der Waals surface area contributed by atoms with Crippen molar-refractivity contribution in [3.63, 3.8) is 0 Å². The highest BCUT2D eigenvalue weighted by atomic mass is 16.2. The highest BCUT2D eigenvalue weighted by Crippen LogP contribution is 2.41. The molecule has 2 N–H and O–H groups in total. The second-order valence-electron chi connectivity index (χ2n) is 8.08. The van der Waals surface area contributed by atoms with Crippen molar-refractivity contribution >= 4 is 5.91 Å². The minimum atomic E-state index is -0.354. The lowest BCUT2D eigenvalue weighted by Gasteiger charge is -2.45. The number of aromatic amines is 1. The number of benzene rings is 2. The number of H-pyrrole nitrogens is 1. The molecule has 0 spiro atoms. The minimum Gasteiger partial charge on any atom is -0.348 e. The Morgan fingerprint density at radius 1 is 1.03 bits per heavy atom. The van der Waals surface area contributed by atoms with Crippen molar-refractivity contribution in [3.05, 3.63) is 89.5 Å². The maximum absolute atomic E-state index is 13.6. The van der Waals surface area contributed by atoms with E-state index in [1.807, 2.05) is 4.90 Å². The fourth-order valence-electron chi connectivity index (χ4n) is 5.00. The average Bonchev–Trinajstić information content (AvgIpc) is 3.29. The van der Waals surface area contributed by atoms with Gasteiger partial charge in [0, 0.05) is 37.2 Å². The molecule has 2 aromatic carbocycles. The number of likely N-dealkylation sites (tertiary alicyclic amines) is 1. The highest BCUT2D eigenvalue weighted by Gasteiger charge is 2.42. The Morgan fingerprint density at radius 2 is 1.72 bits per heavy atom. The lowest BCUT2D eigenvalue weighted by Crippen LogP contribution is -2.52. The number of nitrogens with zero attached hydrogens (tertiary/aromatic N) is 2. The van der Waals surface area contributed by atoms with Crippen molar-refractivity contribution in [1.29, 1.82) is 0 Å². The molecule has 5 nitrogen and oxygen atoms in total. The van der Waals surface area contributed by atoms with Crippen LogP contribution >= 0.6 is 0 Å². The molecule has 3 heterocycles. The van der Waals surface area contributed by atoms with Gasteiger partial charge in [0.1, 0.15) is 6.04 Å². The van der Waals surface area contributed by atoms with Gasteiger partial charge in [-0.2, -0.15) is 0 Å². The van der Waals surface area contributed by atoms with Crippen LogP contribution < -0.4 is 5.32 Å². The third-order valence-electron chi connectivity index (χ3n) is 6.45. The van der Waals surface area contributed by atoms with Crippen molar-refractivity contribution in [2.45, 2.75) is 30.7 Å². The minimum absolute atomic E-state index is 0.133. The molecule has 0 unspecified atom stereocenters. The molecule has 5 heteroatoms. The molecule has 1 atom stereocenters. The monoisotopic (exact) mass is 386 g/mol. The Morgan fingerprint density at radius 3 is 2.41 bits per heavy atom. The maximum Gasteiger partial charge on any atom is 0.246 e. The summed E-state index contributed by atoms with van der Waals surface area (Å²) in [6.45, 7) is 2.28. The van der Waals surface area contributed by atoms with Crippen LogP contribution in [-0.2, 0) is 16.6 Å². The SMILES string of the molecule is O=C([C@@H]1NCCc2[nH]cnc21)N1CCCC(c2ccccc2)(c2ccccc2)C1. The summed E-state index contributed by atoms with van der Waals surface area (Å²) in [5.41, 5.74) is 4.31. The zero-order valence-electron chi connectivity index (χ0n) is 16.5. The summed E-state index contributed by atoms with van der Waals surface area (Å²) < 4.78 is 0. The number of imidazole rings is 1. The maximum atomic E-state index is 13.6. The van der Waals surface area contributed by atoms with E-state index in [1.54, 1.807) is 6.33 Å². The van der Waals surface area contributed by atoms with Crippen LogP contribution in [0.1, 0.15) is 41.4 Å². The van der Waals surface area contributed by atoms with Crippen molar-refractivity contribution in [3.8, 4) is 0 Å². The first-order valence-electron chi connectivity index (χ1n) is 10.4. The molecule has 2 aliphatic heterocycles. The van der Waals surface area contributed by atoms with Gasteiger partial charge in [0.15, 0.2) is 0 Å². The summed E-state index contributed by atoms with van der Waals surface area (Å²) in [5.74, 6) is 0.133. The predicted molar refractivity (Wildman–Crippen MR) is 113 cm³/mol. The lowest BCUT2D eigenvalue weighted by molar-refractivity contribution is -0.135. The molecule has 148 valence electrons. The van der Waals surface area contributed by atoms with E-state index in [1.165, 1.54) is 11.1 Å². The average molecular weight is 386 g/mol. The molecule has 0 radical (unpaired) electrons. The standard InChI is InChI=1S/C24H26N4O/c29-23(22-21-20(12-14-25-22)26-17-27-21)28-15-7-13-24(16-28,18-8-3-1-4-9-18)19-10-5-2-6-11-19/h1-6,8-11,17,22,25H,7,12-16H2,(H,26,27)/t22-/m1/s1. The van der Waals surface area contributed by atoms with Crippen molar-refractivity contribution in [2.24, 2.45) is 0 Å². The van der Waals surface area contributed by atoms with Crippen molar-refractivity contribution < 1.29 is 4.79 Å². The normalized spacial score (nSPS) is 20.8. The fraction of sp³-hybridized carbons (Fsp3) is 0.333. The Kier molecular flexibility index (Phi) is 4.68. The molecule has 5 rings (SSSR count). The predicted octanol–water partition coefficient (Wildman–Crippen LogP) is 3.21. The second-order valence-corrected chi connectivity index (χ2v) is 8.08. The second kappa shape index (κ2) is 7.48. The van der Waals surface area contributed by atoms with Crippen molar-refractivity contribution in [1.82, 2.24) is 20.2 Å². The Hall–Kier alpha value is -2.92. The largest absolute Gasteiger partial charge is 0.348 e. The molecule has 1 fully saturated rings. The first kappa shape index (κ1) is 18.1. The number of amides is 1. The van der Waals surface area contributed by atoms with Gasteiger partial charge in [0.05, 0.1) is 12.0 Å². The van der Waals surface area contributed by atoms with Gasteiger partial charge in [-0.3, -0.25) is 4.79 Å². The van der Waals surface area contributed by atoms with E-state index in [9.17, 15) is 4.79 Å².